The van der Waals surface area contributed by atoms with Crippen LogP contribution >= 0.6 is 12.6 Å². The molecular weight excluding hydrogens is 461 g/mol. The van der Waals surface area contributed by atoms with E-state index in [1.165, 1.54) is 4.68 Å². The lowest BCUT2D eigenvalue weighted by molar-refractivity contribution is 0.0935. The van der Waals surface area contributed by atoms with Crippen molar-refractivity contribution in [2.24, 2.45) is 0 Å². The summed E-state index contributed by atoms with van der Waals surface area (Å²) in [5, 5.41) is 7.45. The standard InChI is InChI=1S/C28H28FN3O2S/c1-2-34-26-17-25(28(33)30-23(19-35)16-20-10-5-3-6-11-20)31-32(26)18-22-14-9-15-24(27(22)29)21-12-7-4-8-13-21/h3-15,17,23,35H,2,16,18-19H2,1H3,(H,30,33)/t23-/m1/s1. The van der Waals surface area contributed by atoms with E-state index in [1.54, 1.807) is 18.2 Å². The van der Waals surface area contributed by atoms with Gasteiger partial charge in [-0.2, -0.15) is 17.7 Å². The second-order valence-corrected chi connectivity index (χ2v) is 8.51. The summed E-state index contributed by atoms with van der Waals surface area (Å²) in [6, 6.07) is 26.0. The lowest BCUT2D eigenvalue weighted by atomic mass is 10.0. The van der Waals surface area contributed by atoms with Gasteiger partial charge in [0.15, 0.2) is 5.69 Å². The Kier molecular flexibility index (Phi) is 8.21. The van der Waals surface area contributed by atoms with E-state index in [9.17, 15) is 4.79 Å². The molecular formula is C28H28FN3O2S. The number of aromatic nitrogens is 2. The maximum Gasteiger partial charge on any atom is 0.272 e. The predicted octanol–water partition coefficient (Wildman–Crippen LogP) is 5.41. The zero-order valence-corrected chi connectivity index (χ0v) is 20.4. The first kappa shape index (κ1) is 24.5. The zero-order chi connectivity index (χ0) is 24.6. The van der Waals surface area contributed by atoms with Gasteiger partial charge in [-0.15, -0.1) is 0 Å². The number of carbonyl (C=O) groups is 1. The molecule has 4 aromatic rings. The van der Waals surface area contributed by atoms with Crippen molar-refractivity contribution in [3.63, 3.8) is 0 Å². The molecule has 4 rings (SSSR count). The third-order valence-electron chi connectivity index (χ3n) is 5.63. The van der Waals surface area contributed by atoms with Crippen molar-refractivity contribution >= 4 is 18.5 Å². The minimum Gasteiger partial charge on any atom is -0.478 e. The fourth-order valence-electron chi connectivity index (χ4n) is 3.91. The summed E-state index contributed by atoms with van der Waals surface area (Å²) < 4.78 is 22.6. The Hall–Kier alpha value is -3.58. The van der Waals surface area contributed by atoms with Crippen molar-refractivity contribution in [3.8, 4) is 17.0 Å². The van der Waals surface area contributed by atoms with Crippen LogP contribution in [0.3, 0.4) is 0 Å². The van der Waals surface area contributed by atoms with Gasteiger partial charge in [-0.1, -0.05) is 78.9 Å². The molecule has 1 atom stereocenters. The molecule has 1 aromatic heterocycles. The van der Waals surface area contributed by atoms with Gasteiger partial charge in [0.2, 0.25) is 5.88 Å². The van der Waals surface area contributed by atoms with E-state index in [2.05, 4.69) is 23.0 Å². The summed E-state index contributed by atoms with van der Waals surface area (Å²) >= 11 is 4.40. The van der Waals surface area contributed by atoms with Crippen LogP contribution in [0.25, 0.3) is 11.1 Å². The Balaban J connectivity index is 1.54. The van der Waals surface area contributed by atoms with E-state index in [4.69, 9.17) is 4.74 Å². The van der Waals surface area contributed by atoms with E-state index >= 15 is 4.39 Å². The monoisotopic (exact) mass is 489 g/mol. The summed E-state index contributed by atoms with van der Waals surface area (Å²) in [4.78, 5) is 13.0. The number of nitrogens with one attached hydrogen (secondary N) is 1. The molecule has 0 spiro atoms. The molecule has 1 heterocycles. The maximum atomic E-state index is 15.4. The molecule has 5 nitrogen and oxygen atoms in total. The zero-order valence-electron chi connectivity index (χ0n) is 19.5. The number of ether oxygens (including phenoxy) is 1. The molecule has 0 unspecified atom stereocenters. The quantitative estimate of drug-likeness (QED) is 0.293. The molecule has 35 heavy (non-hydrogen) atoms. The molecule has 3 aromatic carbocycles. The SMILES string of the molecule is CCOc1cc(C(=O)N[C@@H](CS)Cc2ccccc2)nn1Cc1cccc(-c2ccccc2)c1F. The van der Waals surface area contributed by atoms with Gasteiger partial charge in [-0.05, 0) is 24.5 Å². The molecule has 180 valence electrons. The van der Waals surface area contributed by atoms with E-state index < -0.39 is 0 Å². The Morgan fingerprint density at radius 1 is 1.06 bits per heavy atom. The molecule has 0 aliphatic heterocycles. The van der Waals surface area contributed by atoms with Crippen LogP contribution in [0.4, 0.5) is 4.39 Å². The Bertz CT molecular complexity index is 1260. The van der Waals surface area contributed by atoms with Crippen molar-refractivity contribution < 1.29 is 13.9 Å². The number of thiol groups is 1. The van der Waals surface area contributed by atoms with E-state index in [0.29, 0.717) is 35.8 Å². The second-order valence-electron chi connectivity index (χ2n) is 8.15. The molecule has 0 saturated heterocycles. The van der Waals surface area contributed by atoms with E-state index in [0.717, 1.165) is 11.1 Å². The van der Waals surface area contributed by atoms with E-state index in [-0.39, 0.29) is 30.0 Å². The first-order chi connectivity index (χ1) is 17.1. The van der Waals surface area contributed by atoms with Crippen LogP contribution in [-0.4, -0.2) is 34.1 Å². The molecule has 1 N–H and O–H groups in total. The first-order valence-corrected chi connectivity index (χ1v) is 12.2. The molecule has 7 heteroatoms. The third kappa shape index (κ3) is 6.11. The largest absolute Gasteiger partial charge is 0.478 e. The fourth-order valence-corrected chi connectivity index (χ4v) is 4.13. The number of hydrogen-bond donors (Lipinski definition) is 2. The maximum absolute atomic E-state index is 15.4. The van der Waals surface area contributed by atoms with Crippen LogP contribution < -0.4 is 10.1 Å². The van der Waals surface area contributed by atoms with Crippen molar-refractivity contribution in [2.45, 2.75) is 25.9 Å². The minimum atomic E-state index is -0.321. The van der Waals surface area contributed by atoms with Crippen LogP contribution in [0, 0.1) is 5.82 Å². The van der Waals surface area contributed by atoms with Gasteiger partial charge in [-0.25, -0.2) is 9.07 Å². The molecule has 0 radical (unpaired) electrons. The Morgan fingerprint density at radius 3 is 2.46 bits per heavy atom. The highest BCUT2D eigenvalue weighted by Crippen LogP contribution is 2.26. The highest BCUT2D eigenvalue weighted by molar-refractivity contribution is 7.80. The molecule has 0 saturated carbocycles. The first-order valence-electron chi connectivity index (χ1n) is 11.6. The van der Waals surface area contributed by atoms with Crippen molar-refractivity contribution in [3.05, 3.63) is 108 Å². The van der Waals surface area contributed by atoms with Crippen LogP contribution in [0.1, 0.15) is 28.5 Å². The van der Waals surface area contributed by atoms with Crippen molar-refractivity contribution in [1.82, 2.24) is 15.1 Å². The van der Waals surface area contributed by atoms with Gasteiger partial charge in [0.1, 0.15) is 5.82 Å². The summed E-state index contributed by atoms with van der Waals surface area (Å²) in [5.74, 6) is 0.253. The lowest BCUT2D eigenvalue weighted by Gasteiger charge is -2.15. The minimum absolute atomic E-state index is 0.134. The van der Waals surface area contributed by atoms with Crippen LogP contribution in [0.15, 0.2) is 84.9 Å². The van der Waals surface area contributed by atoms with Crippen LogP contribution in [0.2, 0.25) is 0 Å². The Labute approximate surface area is 210 Å². The molecule has 0 aliphatic rings. The number of hydrogen-bond acceptors (Lipinski definition) is 4. The number of nitrogens with zero attached hydrogens (tertiary/aromatic N) is 2. The predicted molar refractivity (Wildman–Crippen MR) is 140 cm³/mol. The van der Waals surface area contributed by atoms with Crippen LogP contribution in [-0.2, 0) is 13.0 Å². The summed E-state index contributed by atoms with van der Waals surface area (Å²) in [7, 11) is 0. The smallest absolute Gasteiger partial charge is 0.272 e. The van der Waals surface area contributed by atoms with Gasteiger partial charge < -0.3 is 10.1 Å². The normalized spacial score (nSPS) is 11.7. The number of halogens is 1. The average Bonchev–Trinajstić information content (AvgIpc) is 3.28. The summed E-state index contributed by atoms with van der Waals surface area (Å²) in [5.41, 5.74) is 3.10. The molecule has 0 bridgehead atoms. The molecule has 0 aliphatic carbocycles. The lowest BCUT2D eigenvalue weighted by Crippen LogP contribution is -2.38. The topological polar surface area (TPSA) is 56.1 Å². The number of carbonyl (C=O) groups excluding carboxylic acids is 1. The van der Waals surface area contributed by atoms with Crippen molar-refractivity contribution in [2.75, 3.05) is 12.4 Å². The second kappa shape index (κ2) is 11.7. The van der Waals surface area contributed by atoms with Gasteiger partial charge in [0, 0.05) is 29.0 Å². The van der Waals surface area contributed by atoms with E-state index in [1.807, 2.05) is 73.7 Å². The van der Waals surface area contributed by atoms with Gasteiger partial charge >= 0.3 is 0 Å². The number of rotatable bonds is 10. The molecule has 0 fully saturated rings. The highest BCUT2D eigenvalue weighted by Gasteiger charge is 2.20. The van der Waals surface area contributed by atoms with Gasteiger partial charge in [0.05, 0.1) is 13.2 Å². The number of benzene rings is 3. The fraction of sp³-hybridized carbons (Fsp3) is 0.214. The summed E-state index contributed by atoms with van der Waals surface area (Å²) in [6.07, 6.45) is 0.659. The van der Waals surface area contributed by atoms with Gasteiger partial charge in [-0.3, -0.25) is 4.79 Å². The molecule has 1 amide bonds. The van der Waals surface area contributed by atoms with Gasteiger partial charge in [0.25, 0.3) is 5.91 Å². The number of amides is 1. The Morgan fingerprint density at radius 2 is 1.77 bits per heavy atom. The average molecular weight is 490 g/mol. The summed E-state index contributed by atoms with van der Waals surface area (Å²) in [6.45, 7) is 2.38. The van der Waals surface area contributed by atoms with Crippen LogP contribution in [0.5, 0.6) is 5.88 Å². The third-order valence-corrected chi connectivity index (χ3v) is 6.07. The van der Waals surface area contributed by atoms with Crippen molar-refractivity contribution in [1.29, 1.82) is 0 Å². The highest BCUT2D eigenvalue weighted by atomic mass is 32.1.